The van der Waals surface area contributed by atoms with Crippen molar-refractivity contribution in [2.45, 2.75) is 33.1 Å². The number of ether oxygens (including phenoxy) is 2. The van der Waals surface area contributed by atoms with E-state index in [0.717, 1.165) is 18.6 Å². The lowest BCUT2D eigenvalue weighted by atomic mass is 10.0. The quantitative estimate of drug-likeness (QED) is 0.712. The first-order valence-electron chi connectivity index (χ1n) is 6.02. The van der Waals surface area contributed by atoms with E-state index in [9.17, 15) is 4.79 Å². The van der Waals surface area contributed by atoms with Crippen molar-refractivity contribution in [2.75, 3.05) is 13.7 Å². The van der Waals surface area contributed by atoms with Gasteiger partial charge in [0.15, 0.2) is 0 Å². The van der Waals surface area contributed by atoms with Gasteiger partial charge in [-0.25, -0.2) is 0 Å². The number of methoxy groups -OCH3 is 1. The summed E-state index contributed by atoms with van der Waals surface area (Å²) in [5.74, 6) is 0.729. The third-order valence-electron chi connectivity index (χ3n) is 2.70. The lowest BCUT2D eigenvalue weighted by Gasteiger charge is -2.10. The predicted molar refractivity (Wildman–Crippen MR) is 67.3 cm³/mol. The maximum atomic E-state index is 11.1. The molecular formula is C14H20O3. The molecular weight excluding hydrogens is 216 g/mol. The highest BCUT2D eigenvalue weighted by molar-refractivity contribution is 5.69. The van der Waals surface area contributed by atoms with Crippen molar-refractivity contribution in [3.8, 4) is 5.75 Å². The van der Waals surface area contributed by atoms with Gasteiger partial charge in [-0.15, -0.1) is 0 Å². The molecule has 0 aliphatic carbocycles. The van der Waals surface area contributed by atoms with Crippen molar-refractivity contribution in [2.24, 2.45) is 0 Å². The van der Waals surface area contributed by atoms with Crippen LogP contribution in [0.5, 0.6) is 5.75 Å². The third-order valence-corrected chi connectivity index (χ3v) is 2.70. The fraction of sp³-hybridized carbons (Fsp3) is 0.500. The first-order valence-corrected chi connectivity index (χ1v) is 6.02. The van der Waals surface area contributed by atoms with Gasteiger partial charge in [-0.05, 0) is 43.0 Å². The Kier molecular flexibility index (Phi) is 5.53. The van der Waals surface area contributed by atoms with Crippen LogP contribution < -0.4 is 4.74 Å². The van der Waals surface area contributed by atoms with Crippen LogP contribution in [0.25, 0.3) is 0 Å². The Morgan fingerprint density at radius 3 is 2.59 bits per heavy atom. The average Bonchev–Trinajstić information content (AvgIpc) is 2.36. The Hall–Kier alpha value is -1.51. The number of hydrogen-bond donors (Lipinski definition) is 0. The molecule has 0 spiro atoms. The summed E-state index contributed by atoms with van der Waals surface area (Å²) in [6.45, 7) is 4.74. The van der Waals surface area contributed by atoms with Crippen LogP contribution in [0.15, 0.2) is 18.2 Å². The monoisotopic (exact) mass is 236 g/mol. The molecule has 0 aliphatic heterocycles. The second-order valence-corrected chi connectivity index (χ2v) is 3.79. The highest BCUT2D eigenvalue weighted by Crippen LogP contribution is 2.20. The van der Waals surface area contributed by atoms with Crippen molar-refractivity contribution in [3.63, 3.8) is 0 Å². The number of aryl methyl sites for hydroxylation is 2. The van der Waals surface area contributed by atoms with Crippen LogP contribution in [-0.4, -0.2) is 19.7 Å². The third kappa shape index (κ3) is 4.10. The second-order valence-electron chi connectivity index (χ2n) is 3.79. The van der Waals surface area contributed by atoms with Gasteiger partial charge >= 0.3 is 5.97 Å². The molecule has 94 valence electrons. The molecule has 0 aromatic heterocycles. The van der Waals surface area contributed by atoms with Gasteiger partial charge in [-0.3, -0.25) is 4.79 Å². The molecule has 3 heteroatoms. The summed E-state index contributed by atoms with van der Waals surface area (Å²) in [5, 5.41) is 0. The van der Waals surface area contributed by atoms with E-state index >= 15 is 0 Å². The normalized spacial score (nSPS) is 10.1. The molecule has 0 amide bonds. The summed E-state index contributed by atoms with van der Waals surface area (Å²) in [5.41, 5.74) is 2.43. The highest BCUT2D eigenvalue weighted by Gasteiger charge is 2.06. The van der Waals surface area contributed by atoms with E-state index in [0.29, 0.717) is 13.0 Å². The summed E-state index contributed by atoms with van der Waals surface area (Å²) in [7, 11) is 1.42. The summed E-state index contributed by atoms with van der Waals surface area (Å²) in [6.07, 6.45) is 2.09. The van der Waals surface area contributed by atoms with E-state index in [-0.39, 0.29) is 5.97 Å². The van der Waals surface area contributed by atoms with Gasteiger partial charge in [0.1, 0.15) is 5.75 Å². The zero-order valence-corrected chi connectivity index (χ0v) is 10.8. The van der Waals surface area contributed by atoms with Gasteiger partial charge in [0.05, 0.1) is 13.7 Å². The van der Waals surface area contributed by atoms with E-state index in [1.54, 1.807) is 0 Å². The van der Waals surface area contributed by atoms with Gasteiger partial charge in [0.25, 0.3) is 0 Å². The van der Waals surface area contributed by atoms with Crippen LogP contribution >= 0.6 is 0 Å². The smallest absolute Gasteiger partial charge is 0.305 e. The number of carbonyl (C=O) groups is 1. The average molecular weight is 236 g/mol. The molecule has 17 heavy (non-hydrogen) atoms. The molecule has 0 atom stereocenters. The van der Waals surface area contributed by atoms with Crippen LogP contribution in [0.2, 0.25) is 0 Å². The van der Waals surface area contributed by atoms with E-state index in [2.05, 4.69) is 17.7 Å². The van der Waals surface area contributed by atoms with Crippen LogP contribution in [0, 0.1) is 0 Å². The molecule has 3 nitrogen and oxygen atoms in total. The summed E-state index contributed by atoms with van der Waals surface area (Å²) in [4.78, 5) is 11.1. The van der Waals surface area contributed by atoms with E-state index in [1.165, 1.54) is 18.2 Å². The predicted octanol–water partition coefficient (Wildman–Crippen LogP) is 2.75. The van der Waals surface area contributed by atoms with Gasteiger partial charge < -0.3 is 9.47 Å². The van der Waals surface area contributed by atoms with Gasteiger partial charge in [-0.2, -0.15) is 0 Å². The second kappa shape index (κ2) is 6.94. The molecule has 1 aromatic rings. The minimum absolute atomic E-state index is 0.166. The molecule has 0 bridgehead atoms. The SMILES string of the molecule is CCOc1ccc(CCC(=O)OC)c(CC)c1. The Labute approximate surface area is 103 Å². The number of hydrogen-bond acceptors (Lipinski definition) is 3. The maximum absolute atomic E-state index is 11.1. The summed E-state index contributed by atoms with van der Waals surface area (Å²) < 4.78 is 10.1. The maximum Gasteiger partial charge on any atom is 0.305 e. The molecule has 0 unspecified atom stereocenters. The van der Waals surface area contributed by atoms with E-state index in [1.807, 2.05) is 19.1 Å². The van der Waals surface area contributed by atoms with Crippen molar-refractivity contribution in [1.29, 1.82) is 0 Å². The lowest BCUT2D eigenvalue weighted by Crippen LogP contribution is -2.04. The molecule has 0 heterocycles. The van der Waals surface area contributed by atoms with E-state index < -0.39 is 0 Å². The van der Waals surface area contributed by atoms with Crippen LogP contribution in [0.4, 0.5) is 0 Å². The van der Waals surface area contributed by atoms with Gasteiger partial charge in [0.2, 0.25) is 0 Å². The van der Waals surface area contributed by atoms with Crippen molar-refractivity contribution in [1.82, 2.24) is 0 Å². The minimum atomic E-state index is -0.166. The highest BCUT2D eigenvalue weighted by atomic mass is 16.5. The van der Waals surface area contributed by atoms with Crippen LogP contribution in [0.1, 0.15) is 31.4 Å². The number of esters is 1. The lowest BCUT2D eigenvalue weighted by molar-refractivity contribution is -0.140. The minimum Gasteiger partial charge on any atom is -0.494 e. The molecule has 0 fully saturated rings. The zero-order chi connectivity index (χ0) is 12.7. The molecule has 0 saturated heterocycles. The molecule has 0 N–H and O–H groups in total. The molecule has 0 radical (unpaired) electrons. The van der Waals surface area contributed by atoms with Crippen LogP contribution in [0.3, 0.4) is 0 Å². The molecule has 1 rings (SSSR count). The number of benzene rings is 1. The molecule has 1 aromatic carbocycles. The standard InChI is InChI=1S/C14H20O3/c1-4-11-10-13(17-5-2)8-6-12(11)7-9-14(15)16-3/h6,8,10H,4-5,7,9H2,1-3H3. The van der Waals surface area contributed by atoms with Crippen LogP contribution in [-0.2, 0) is 22.4 Å². The Bertz CT molecular complexity index is 372. The summed E-state index contributed by atoms with van der Waals surface area (Å²) in [6, 6.07) is 6.04. The Morgan fingerprint density at radius 2 is 2.00 bits per heavy atom. The van der Waals surface area contributed by atoms with Gasteiger partial charge in [0, 0.05) is 6.42 Å². The fourth-order valence-electron chi connectivity index (χ4n) is 1.77. The Morgan fingerprint density at radius 1 is 1.24 bits per heavy atom. The van der Waals surface area contributed by atoms with Crippen molar-refractivity contribution >= 4 is 5.97 Å². The first-order chi connectivity index (χ1) is 8.21. The molecule has 0 aliphatic rings. The Balaban J connectivity index is 2.74. The van der Waals surface area contributed by atoms with E-state index in [4.69, 9.17) is 4.74 Å². The number of carbonyl (C=O) groups excluding carboxylic acids is 1. The number of rotatable bonds is 6. The molecule has 0 saturated carbocycles. The van der Waals surface area contributed by atoms with Crippen molar-refractivity contribution < 1.29 is 14.3 Å². The van der Waals surface area contributed by atoms with Crippen molar-refractivity contribution in [3.05, 3.63) is 29.3 Å². The zero-order valence-electron chi connectivity index (χ0n) is 10.8. The topological polar surface area (TPSA) is 35.5 Å². The summed E-state index contributed by atoms with van der Waals surface area (Å²) >= 11 is 0. The fourth-order valence-corrected chi connectivity index (χ4v) is 1.77. The van der Waals surface area contributed by atoms with Gasteiger partial charge in [-0.1, -0.05) is 13.0 Å². The largest absolute Gasteiger partial charge is 0.494 e. The first kappa shape index (κ1) is 13.6.